The first-order chi connectivity index (χ1) is 13.4. The second-order valence-electron chi connectivity index (χ2n) is 5.52. The number of carbonyl (C=O) groups is 2. The molecule has 1 aliphatic rings. The number of methoxy groups -OCH3 is 2. The van der Waals surface area contributed by atoms with Crippen molar-refractivity contribution in [2.24, 2.45) is 4.99 Å². The summed E-state index contributed by atoms with van der Waals surface area (Å²) in [5.74, 6) is 0.103. The lowest BCUT2D eigenvalue weighted by Gasteiger charge is -2.09. The van der Waals surface area contributed by atoms with E-state index in [0.29, 0.717) is 37.6 Å². The molecule has 0 radical (unpaired) electrons. The SMILES string of the molecule is COc1cc(Cl)c(/C=C2\SC(=NC(=O)c3ccc(Cl)cc3)NC2=O)cc1OC. The number of halogens is 2. The van der Waals surface area contributed by atoms with Crippen LogP contribution < -0.4 is 14.8 Å². The third-order valence-electron chi connectivity index (χ3n) is 3.73. The van der Waals surface area contributed by atoms with Gasteiger partial charge in [-0.1, -0.05) is 23.2 Å². The number of amides is 2. The predicted octanol–water partition coefficient (Wildman–Crippen LogP) is 4.41. The quantitative estimate of drug-likeness (QED) is 0.718. The van der Waals surface area contributed by atoms with Gasteiger partial charge in [0.15, 0.2) is 16.7 Å². The Morgan fingerprint density at radius 2 is 1.75 bits per heavy atom. The molecule has 2 aromatic carbocycles. The second kappa shape index (κ2) is 8.68. The van der Waals surface area contributed by atoms with E-state index in [2.05, 4.69) is 10.3 Å². The fourth-order valence-corrected chi connectivity index (χ4v) is 3.50. The van der Waals surface area contributed by atoms with Gasteiger partial charge in [-0.2, -0.15) is 4.99 Å². The van der Waals surface area contributed by atoms with Crippen LogP contribution in [0.25, 0.3) is 6.08 Å². The van der Waals surface area contributed by atoms with Gasteiger partial charge in [0, 0.05) is 16.7 Å². The highest BCUT2D eigenvalue weighted by atomic mass is 35.5. The average molecular weight is 437 g/mol. The van der Waals surface area contributed by atoms with Crippen molar-refractivity contribution in [1.82, 2.24) is 5.32 Å². The zero-order chi connectivity index (χ0) is 20.3. The van der Waals surface area contributed by atoms with Gasteiger partial charge in [0.05, 0.1) is 24.1 Å². The number of thioether (sulfide) groups is 1. The zero-order valence-corrected chi connectivity index (χ0v) is 17.1. The number of hydrogen-bond donors (Lipinski definition) is 1. The van der Waals surface area contributed by atoms with Crippen molar-refractivity contribution in [3.8, 4) is 11.5 Å². The number of rotatable bonds is 4. The lowest BCUT2D eigenvalue weighted by Crippen LogP contribution is -2.20. The van der Waals surface area contributed by atoms with Gasteiger partial charge in [0.1, 0.15) is 0 Å². The Balaban J connectivity index is 1.84. The maximum absolute atomic E-state index is 12.2. The van der Waals surface area contributed by atoms with Gasteiger partial charge in [-0.3, -0.25) is 9.59 Å². The summed E-state index contributed by atoms with van der Waals surface area (Å²) in [5, 5.41) is 3.66. The number of carbonyl (C=O) groups excluding carboxylic acids is 2. The van der Waals surface area contributed by atoms with Crippen molar-refractivity contribution in [1.29, 1.82) is 0 Å². The Morgan fingerprint density at radius 1 is 1.11 bits per heavy atom. The van der Waals surface area contributed by atoms with E-state index in [1.54, 1.807) is 42.5 Å². The largest absolute Gasteiger partial charge is 0.493 e. The minimum atomic E-state index is -0.482. The number of nitrogens with zero attached hydrogens (tertiary/aromatic N) is 1. The summed E-state index contributed by atoms with van der Waals surface area (Å²) in [7, 11) is 3.01. The van der Waals surface area contributed by atoms with Crippen molar-refractivity contribution < 1.29 is 19.1 Å². The summed E-state index contributed by atoms with van der Waals surface area (Å²) in [5.41, 5.74) is 0.939. The molecule has 28 heavy (non-hydrogen) atoms. The summed E-state index contributed by atoms with van der Waals surface area (Å²) in [6.07, 6.45) is 1.60. The summed E-state index contributed by atoms with van der Waals surface area (Å²) in [4.78, 5) is 28.8. The normalized spacial score (nSPS) is 16.4. The van der Waals surface area contributed by atoms with E-state index in [4.69, 9.17) is 32.7 Å². The molecule has 2 aromatic rings. The molecule has 144 valence electrons. The van der Waals surface area contributed by atoms with Crippen molar-refractivity contribution in [3.05, 3.63) is 62.5 Å². The molecular weight excluding hydrogens is 423 g/mol. The molecule has 3 rings (SSSR count). The summed E-state index contributed by atoms with van der Waals surface area (Å²) in [6.45, 7) is 0. The smallest absolute Gasteiger partial charge is 0.279 e. The van der Waals surface area contributed by atoms with Gasteiger partial charge in [0.2, 0.25) is 0 Å². The monoisotopic (exact) mass is 436 g/mol. The molecule has 0 atom stereocenters. The van der Waals surface area contributed by atoms with Crippen molar-refractivity contribution >= 4 is 58.0 Å². The second-order valence-corrected chi connectivity index (χ2v) is 7.40. The molecule has 0 saturated carbocycles. The fourth-order valence-electron chi connectivity index (χ4n) is 2.35. The molecule has 1 heterocycles. The maximum Gasteiger partial charge on any atom is 0.279 e. The number of hydrogen-bond acceptors (Lipinski definition) is 5. The van der Waals surface area contributed by atoms with Crippen molar-refractivity contribution in [3.63, 3.8) is 0 Å². The summed E-state index contributed by atoms with van der Waals surface area (Å²) >= 11 is 13.1. The lowest BCUT2D eigenvalue weighted by atomic mass is 10.2. The van der Waals surface area contributed by atoms with Gasteiger partial charge in [-0.25, -0.2) is 0 Å². The lowest BCUT2D eigenvalue weighted by molar-refractivity contribution is -0.115. The molecule has 0 unspecified atom stereocenters. The van der Waals surface area contributed by atoms with Gasteiger partial charge in [-0.15, -0.1) is 0 Å². The molecule has 9 heteroatoms. The van der Waals surface area contributed by atoms with E-state index in [9.17, 15) is 9.59 Å². The van der Waals surface area contributed by atoms with Crippen LogP contribution in [0.5, 0.6) is 11.5 Å². The van der Waals surface area contributed by atoms with Crippen LogP contribution in [0.2, 0.25) is 10.0 Å². The summed E-state index contributed by atoms with van der Waals surface area (Å²) < 4.78 is 10.5. The number of nitrogens with one attached hydrogen (secondary N) is 1. The minimum Gasteiger partial charge on any atom is -0.493 e. The molecular formula is C19H14Cl2N2O4S. The van der Waals surface area contributed by atoms with Crippen LogP contribution in [0, 0.1) is 0 Å². The van der Waals surface area contributed by atoms with Gasteiger partial charge in [0.25, 0.3) is 11.8 Å². The van der Waals surface area contributed by atoms with E-state index in [0.717, 1.165) is 11.8 Å². The Kier molecular flexibility index (Phi) is 6.28. The van der Waals surface area contributed by atoms with E-state index in [1.807, 2.05) is 0 Å². The maximum atomic E-state index is 12.2. The molecule has 0 aromatic heterocycles. The Labute approximate surface area is 175 Å². The van der Waals surface area contributed by atoms with E-state index in [1.165, 1.54) is 14.2 Å². The number of amidine groups is 1. The van der Waals surface area contributed by atoms with Gasteiger partial charge >= 0.3 is 0 Å². The van der Waals surface area contributed by atoms with Crippen LogP contribution in [0.1, 0.15) is 15.9 Å². The highest BCUT2D eigenvalue weighted by Gasteiger charge is 2.25. The highest BCUT2D eigenvalue weighted by Crippen LogP contribution is 2.36. The molecule has 0 spiro atoms. The molecule has 0 aliphatic carbocycles. The zero-order valence-electron chi connectivity index (χ0n) is 14.8. The Hall–Kier alpha value is -2.48. The topological polar surface area (TPSA) is 77.0 Å². The highest BCUT2D eigenvalue weighted by molar-refractivity contribution is 8.18. The first-order valence-corrected chi connectivity index (χ1v) is 9.49. The van der Waals surface area contributed by atoms with Crippen LogP contribution in [0.4, 0.5) is 0 Å². The molecule has 1 aliphatic heterocycles. The van der Waals surface area contributed by atoms with E-state index in [-0.39, 0.29) is 11.1 Å². The predicted molar refractivity (Wildman–Crippen MR) is 111 cm³/mol. The molecule has 1 N–H and O–H groups in total. The molecule has 0 bridgehead atoms. The van der Waals surface area contributed by atoms with Crippen LogP contribution >= 0.6 is 35.0 Å². The van der Waals surface area contributed by atoms with Gasteiger partial charge < -0.3 is 14.8 Å². The van der Waals surface area contributed by atoms with Crippen molar-refractivity contribution in [2.75, 3.05) is 14.2 Å². The third kappa shape index (κ3) is 4.49. The van der Waals surface area contributed by atoms with Gasteiger partial charge in [-0.05, 0) is 53.7 Å². The molecule has 1 saturated heterocycles. The Morgan fingerprint density at radius 3 is 2.39 bits per heavy atom. The average Bonchev–Trinajstić information content (AvgIpc) is 3.02. The van der Waals surface area contributed by atoms with E-state index >= 15 is 0 Å². The standard InChI is InChI=1S/C19H14Cl2N2O4S/c1-26-14-7-11(13(21)9-15(14)27-2)8-16-18(25)23-19(28-16)22-17(24)10-3-5-12(20)6-4-10/h3-9H,1-2H3,(H,22,23,24,25)/b16-8-. The van der Waals surface area contributed by atoms with E-state index < -0.39 is 5.91 Å². The number of aliphatic imine (C=N–C) groups is 1. The number of benzene rings is 2. The fraction of sp³-hybridized carbons (Fsp3) is 0.105. The van der Waals surface area contributed by atoms with Crippen LogP contribution in [0.15, 0.2) is 46.3 Å². The first-order valence-electron chi connectivity index (χ1n) is 7.92. The first kappa shape index (κ1) is 20.3. The van der Waals surface area contributed by atoms with Crippen LogP contribution in [-0.4, -0.2) is 31.2 Å². The minimum absolute atomic E-state index is 0.188. The third-order valence-corrected chi connectivity index (χ3v) is 5.22. The Bertz CT molecular complexity index is 1000. The molecule has 6 nitrogen and oxygen atoms in total. The number of ether oxygens (including phenoxy) is 2. The molecule has 2 amide bonds. The van der Waals surface area contributed by atoms with Crippen LogP contribution in [-0.2, 0) is 4.79 Å². The summed E-state index contributed by atoms with van der Waals surface area (Å²) in [6, 6.07) is 9.59. The van der Waals surface area contributed by atoms with Crippen molar-refractivity contribution in [2.45, 2.75) is 0 Å². The molecule has 1 fully saturated rings. The van der Waals surface area contributed by atoms with Crippen LogP contribution in [0.3, 0.4) is 0 Å².